The number of hydrogen-bond acceptors (Lipinski definition) is 3. The van der Waals surface area contributed by atoms with Gasteiger partial charge in [0.2, 0.25) is 0 Å². The minimum absolute atomic E-state index is 0.217. The average molecular weight is 294 g/mol. The van der Waals surface area contributed by atoms with Crippen LogP contribution in [-0.2, 0) is 13.0 Å². The quantitative estimate of drug-likeness (QED) is 0.891. The van der Waals surface area contributed by atoms with Crippen LogP contribution in [0.25, 0.3) is 0 Å². The molecule has 0 spiro atoms. The van der Waals surface area contributed by atoms with Crippen molar-refractivity contribution < 1.29 is 8.78 Å². The smallest absolute Gasteiger partial charge is 0.138 e. The van der Waals surface area contributed by atoms with Crippen LogP contribution in [0.4, 0.5) is 8.78 Å². The lowest BCUT2D eigenvalue weighted by atomic mass is 10.0. The summed E-state index contributed by atoms with van der Waals surface area (Å²) in [5.41, 5.74) is 0.564. The molecule has 0 aliphatic carbocycles. The number of rotatable bonds is 6. The first-order valence-electron chi connectivity index (χ1n) is 6.99. The molecule has 21 heavy (non-hydrogen) atoms. The Balaban J connectivity index is 2.21. The Bertz CT molecular complexity index is 575. The van der Waals surface area contributed by atoms with Gasteiger partial charge in [-0.15, -0.1) is 0 Å². The van der Waals surface area contributed by atoms with Crippen LogP contribution in [0.2, 0.25) is 0 Å². The first-order valence-corrected chi connectivity index (χ1v) is 6.99. The Hall–Kier alpha value is -1.82. The molecule has 0 fully saturated rings. The SMILES string of the molecule is CNC(Cc1ncnn1CC(C)C)c1cc(F)cc(F)c1. The van der Waals surface area contributed by atoms with Crippen molar-refractivity contribution in [1.82, 2.24) is 20.1 Å². The molecular weight excluding hydrogens is 274 g/mol. The van der Waals surface area contributed by atoms with Crippen molar-refractivity contribution >= 4 is 0 Å². The van der Waals surface area contributed by atoms with E-state index in [4.69, 9.17) is 0 Å². The normalized spacial score (nSPS) is 12.9. The molecule has 1 aromatic heterocycles. The van der Waals surface area contributed by atoms with E-state index in [1.165, 1.54) is 18.5 Å². The first-order chi connectivity index (χ1) is 9.99. The molecule has 1 N–H and O–H groups in total. The van der Waals surface area contributed by atoms with E-state index in [1.54, 1.807) is 7.05 Å². The van der Waals surface area contributed by atoms with Crippen molar-refractivity contribution in [2.24, 2.45) is 5.92 Å². The predicted molar refractivity (Wildman–Crippen MR) is 76.7 cm³/mol. The zero-order valence-electron chi connectivity index (χ0n) is 12.5. The van der Waals surface area contributed by atoms with Gasteiger partial charge < -0.3 is 5.32 Å². The average Bonchev–Trinajstić information content (AvgIpc) is 2.81. The molecule has 0 aliphatic rings. The van der Waals surface area contributed by atoms with Crippen LogP contribution >= 0.6 is 0 Å². The van der Waals surface area contributed by atoms with E-state index in [0.29, 0.717) is 17.9 Å². The third-order valence-electron chi connectivity index (χ3n) is 3.26. The monoisotopic (exact) mass is 294 g/mol. The predicted octanol–water partition coefficient (Wildman–Crippen LogP) is 2.72. The van der Waals surface area contributed by atoms with Gasteiger partial charge in [0.25, 0.3) is 0 Å². The van der Waals surface area contributed by atoms with Gasteiger partial charge in [-0.05, 0) is 30.7 Å². The molecule has 2 rings (SSSR count). The van der Waals surface area contributed by atoms with Crippen LogP contribution in [0.1, 0.15) is 31.3 Å². The van der Waals surface area contributed by atoms with E-state index in [1.807, 2.05) is 4.68 Å². The Kier molecular flexibility index (Phi) is 5.01. The molecule has 1 atom stereocenters. The Morgan fingerprint density at radius 2 is 1.86 bits per heavy atom. The molecule has 0 bridgehead atoms. The number of aromatic nitrogens is 3. The summed E-state index contributed by atoms with van der Waals surface area (Å²) in [5, 5.41) is 7.28. The third kappa shape index (κ3) is 4.07. The highest BCUT2D eigenvalue weighted by atomic mass is 19.1. The largest absolute Gasteiger partial charge is 0.313 e. The second-order valence-corrected chi connectivity index (χ2v) is 5.50. The molecule has 2 aromatic rings. The molecule has 0 amide bonds. The van der Waals surface area contributed by atoms with Crippen molar-refractivity contribution in [3.63, 3.8) is 0 Å². The van der Waals surface area contributed by atoms with E-state index < -0.39 is 11.6 Å². The lowest BCUT2D eigenvalue weighted by Gasteiger charge is -2.17. The van der Waals surface area contributed by atoms with Gasteiger partial charge in [-0.3, -0.25) is 0 Å². The zero-order chi connectivity index (χ0) is 15.4. The van der Waals surface area contributed by atoms with Crippen LogP contribution < -0.4 is 5.32 Å². The third-order valence-corrected chi connectivity index (χ3v) is 3.26. The van der Waals surface area contributed by atoms with Crippen LogP contribution in [0, 0.1) is 17.6 Å². The highest BCUT2D eigenvalue weighted by Crippen LogP contribution is 2.20. The first kappa shape index (κ1) is 15.6. The minimum Gasteiger partial charge on any atom is -0.313 e. The molecule has 1 heterocycles. The number of hydrogen-bond donors (Lipinski definition) is 1. The number of halogens is 2. The van der Waals surface area contributed by atoms with Crippen LogP contribution in [0.3, 0.4) is 0 Å². The van der Waals surface area contributed by atoms with Crippen molar-refractivity contribution in [3.8, 4) is 0 Å². The molecule has 1 aromatic carbocycles. The van der Waals surface area contributed by atoms with E-state index in [9.17, 15) is 8.78 Å². The second-order valence-electron chi connectivity index (χ2n) is 5.50. The Morgan fingerprint density at radius 3 is 2.43 bits per heavy atom. The van der Waals surface area contributed by atoms with Crippen LogP contribution in [0.15, 0.2) is 24.5 Å². The fourth-order valence-corrected chi connectivity index (χ4v) is 2.29. The number of nitrogens with one attached hydrogen (secondary N) is 1. The van der Waals surface area contributed by atoms with E-state index >= 15 is 0 Å². The van der Waals surface area contributed by atoms with E-state index in [2.05, 4.69) is 29.2 Å². The highest BCUT2D eigenvalue weighted by molar-refractivity contribution is 5.22. The van der Waals surface area contributed by atoms with E-state index in [-0.39, 0.29) is 6.04 Å². The molecule has 0 radical (unpaired) electrons. The standard InChI is InChI=1S/C15H20F2N4/c1-10(2)8-21-15(19-9-20-21)7-14(18-3)11-4-12(16)6-13(17)5-11/h4-6,9-10,14,18H,7-8H2,1-3H3. The summed E-state index contributed by atoms with van der Waals surface area (Å²) in [5.74, 6) is 0.0978. The van der Waals surface area contributed by atoms with Gasteiger partial charge in [0.05, 0.1) is 0 Å². The molecule has 4 nitrogen and oxygen atoms in total. The van der Waals surface area contributed by atoms with Crippen molar-refractivity contribution in [2.45, 2.75) is 32.9 Å². The lowest BCUT2D eigenvalue weighted by Crippen LogP contribution is -2.22. The van der Waals surface area contributed by atoms with Gasteiger partial charge in [0, 0.05) is 25.1 Å². The molecule has 0 saturated carbocycles. The minimum atomic E-state index is -0.575. The van der Waals surface area contributed by atoms with Crippen LogP contribution in [0.5, 0.6) is 0 Å². The summed E-state index contributed by atoms with van der Waals surface area (Å²) in [6, 6.07) is 3.34. The van der Waals surface area contributed by atoms with Gasteiger partial charge >= 0.3 is 0 Å². The van der Waals surface area contributed by atoms with Gasteiger partial charge in [0.15, 0.2) is 0 Å². The molecule has 6 heteroatoms. The molecule has 0 aliphatic heterocycles. The summed E-state index contributed by atoms with van der Waals surface area (Å²) in [6.07, 6.45) is 2.03. The fraction of sp³-hybridized carbons (Fsp3) is 0.467. The zero-order valence-corrected chi connectivity index (χ0v) is 12.5. The summed E-state index contributed by atoms with van der Waals surface area (Å²) in [7, 11) is 1.76. The molecule has 0 saturated heterocycles. The van der Waals surface area contributed by atoms with Gasteiger partial charge in [-0.25, -0.2) is 18.4 Å². The van der Waals surface area contributed by atoms with Crippen molar-refractivity contribution in [1.29, 1.82) is 0 Å². The van der Waals surface area contributed by atoms with Gasteiger partial charge in [0.1, 0.15) is 23.8 Å². The van der Waals surface area contributed by atoms with Crippen LogP contribution in [-0.4, -0.2) is 21.8 Å². The van der Waals surface area contributed by atoms with Gasteiger partial charge in [-0.2, -0.15) is 5.10 Å². The number of likely N-dealkylation sites (N-methyl/N-ethyl adjacent to an activating group) is 1. The summed E-state index contributed by atoms with van der Waals surface area (Å²) >= 11 is 0. The van der Waals surface area contributed by atoms with Crippen molar-refractivity contribution in [3.05, 3.63) is 47.5 Å². The van der Waals surface area contributed by atoms with Crippen molar-refractivity contribution in [2.75, 3.05) is 7.05 Å². The summed E-state index contributed by atoms with van der Waals surface area (Å²) in [4.78, 5) is 4.25. The summed E-state index contributed by atoms with van der Waals surface area (Å²) < 4.78 is 28.5. The Morgan fingerprint density at radius 1 is 1.19 bits per heavy atom. The number of benzene rings is 1. The molecule has 114 valence electrons. The molecule has 1 unspecified atom stereocenters. The van der Waals surface area contributed by atoms with Gasteiger partial charge in [-0.1, -0.05) is 13.8 Å². The maximum Gasteiger partial charge on any atom is 0.138 e. The topological polar surface area (TPSA) is 42.7 Å². The summed E-state index contributed by atoms with van der Waals surface area (Å²) in [6.45, 7) is 4.97. The molecular formula is C15H20F2N4. The maximum absolute atomic E-state index is 13.4. The second kappa shape index (κ2) is 6.76. The highest BCUT2D eigenvalue weighted by Gasteiger charge is 2.16. The fourth-order valence-electron chi connectivity index (χ4n) is 2.29. The maximum atomic E-state index is 13.4. The lowest BCUT2D eigenvalue weighted by molar-refractivity contribution is 0.450. The Labute approximate surface area is 123 Å². The number of nitrogens with zero attached hydrogens (tertiary/aromatic N) is 3. The van der Waals surface area contributed by atoms with E-state index in [0.717, 1.165) is 18.4 Å².